The molecule has 0 aliphatic rings. The number of halogens is 4. The third kappa shape index (κ3) is 3.19. The fourth-order valence-electron chi connectivity index (χ4n) is 3.14. The smallest absolute Gasteiger partial charge is 0.124 e. The van der Waals surface area contributed by atoms with Gasteiger partial charge >= 0.3 is 0 Å². The minimum atomic E-state index is -0.268. The van der Waals surface area contributed by atoms with E-state index in [-0.39, 0.29) is 17.4 Å². The Hall–Kier alpha value is -0.800. The molecule has 0 aliphatic carbocycles. The summed E-state index contributed by atoms with van der Waals surface area (Å²) in [5.74, 6) is -0.0938. The summed E-state index contributed by atoms with van der Waals surface area (Å²) in [4.78, 5) is 0. The first-order chi connectivity index (χ1) is 11.6. The van der Waals surface area contributed by atoms with Crippen LogP contribution >= 0.6 is 46.4 Å². The van der Waals surface area contributed by atoms with Crippen molar-refractivity contribution in [2.75, 3.05) is 0 Å². The monoisotopic (exact) mass is 420 g/mol. The van der Waals surface area contributed by atoms with Crippen molar-refractivity contribution in [3.63, 3.8) is 0 Å². The number of rotatable bonds is 3. The molecule has 25 heavy (non-hydrogen) atoms. The van der Waals surface area contributed by atoms with Crippen LogP contribution in [0.25, 0.3) is 0 Å². The number of hydrogen-bond donors (Lipinski definition) is 2. The molecule has 0 spiro atoms. The van der Waals surface area contributed by atoms with Gasteiger partial charge in [-0.1, -0.05) is 53.3 Å². The van der Waals surface area contributed by atoms with Crippen LogP contribution in [0.1, 0.15) is 52.6 Å². The van der Waals surface area contributed by atoms with Crippen molar-refractivity contribution in [2.45, 2.75) is 47.0 Å². The average molecular weight is 422 g/mol. The van der Waals surface area contributed by atoms with Gasteiger partial charge in [-0.25, -0.2) is 0 Å². The summed E-state index contributed by atoms with van der Waals surface area (Å²) in [5.41, 5.74) is 3.64. The zero-order chi connectivity index (χ0) is 19.2. The van der Waals surface area contributed by atoms with Gasteiger partial charge < -0.3 is 10.2 Å². The predicted octanol–water partition coefficient (Wildman–Crippen LogP) is 7.49. The summed E-state index contributed by atoms with van der Waals surface area (Å²) in [6, 6.07) is 0. The molecular weight excluding hydrogens is 402 g/mol. The van der Waals surface area contributed by atoms with Gasteiger partial charge in [0, 0.05) is 28.2 Å². The molecule has 0 atom stereocenters. The van der Waals surface area contributed by atoms with Crippen LogP contribution in [-0.4, -0.2) is 10.2 Å². The second kappa shape index (κ2) is 7.44. The Labute approximate surface area is 168 Å². The van der Waals surface area contributed by atoms with Crippen LogP contribution in [0.4, 0.5) is 0 Å². The van der Waals surface area contributed by atoms with Gasteiger partial charge in [-0.15, -0.1) is 0 Å². The molecule has 2 aromatic carbocycles. The Morgan fingerprint density at radius 3 is 1.08 bits per heavy atom. The number of phenols is 2. The highest BCUT2D eigenvalue weighted by Crippen LogP contribution is 2.50. The average Bonchev–Trinajstić information content (AvgIpc) is 2.60. The maximum Gasteiger partial charge on any atom is 0.124 e. The van der Waals surface area contributed by atoms with E-state index in [2.05, 4.69) is 0 Å². The van der Waals surface area contributed by atoms with Crippen molar-refractivity contribution in [1.82, 2.24) is 0 Å². The minimum absolute atomic E-state index is 0.0869. The highest BCUT2D eigenvalue weighted by molar-refractivity contribution is 6.39. The van der Waals surface area contributed by atoms with E-state index >= 15 is 0 Å². The van der Waals surface area contributed by atoms with E-state index in [0.717, 1.165) is 0 Å². The van der Waals surface area contributed by atoms with Crippen molar-refractivity contribution in [3.8, 4) is 11.5 Å². The maximum atomic E-state index is 10.2. The summed E-state index contributed by atoms with van der Waals surface area (Å²) < 4.78 is 0. The second-order valence-corrected chi connectivity index (χ2v) is 7.75. The number of aromatic hydroxyl groups is 2. The lowest BCUT2D eigenvalue weighted by Gasteiger charge is -2.26. The quantitative estimate of drug-likeness (QED) is 0.538. The zero-order valence-electron chi connectivity index (χ0n) is 14.7. The van der Waals surface area contributed by atoms with Crippen LogP contribution in [0.2, 0.25) is 20.1 Å². The Morgan fingerprint density at radius 1 is 0.640 bits per heavy atom. The van der Waals surface area contributed by atoms with Gasteiger partial charge in [-0.3, -0.25) is 0 Å². The van der Waals surface area contributed by atoms with Gasteiger partial charge in [-0.05, 0) is 45.2 Å². The Morgan fingerprint density at radius 2 is 0.880 bits per heavy atom. The summed E-state index contributed by atoms with van der Waals surface area (Å²) in [6.07, 6.45) is 0.645. The number of benzene rings is 2. The summed E-state index contributed by atoms with van der Waals surface area (Å²) in [5, 5.41) is 22.0. The predicted molar refractivity (Wildman–Crippen MR) is 107 cm³/mol. The number of phenolic OH excluding ortho intramolecular Hbond substituents is 2. The van der Waals surface area contributed by atoms with E-state index in [4.69, 9.17) is 46.4 Å². The fraction of sp³-hybridized carbons (Fsp3) is 0.368. The molecule has 0 saturated carbocycles. The summed E-state index contributed by atoms with van der Waals surface area (Å²) in [7, 11) is 0. The van der Waals surface area contributed by atoms with Gasteiger partial charge in [-0.2, -0.15) is 0 Å². The highest BCUT2D eigenvalue weighted by Gasteiger charge is 2.29. The van der Waals surface area contributed by atoms with Gasteiger partial charge in [0.15, 0.2) is 0 Å². The van der Waals surface area contributed by atoms with Gasteiger partial charge in [0.2, 0.25) is 0 Å². The first kappa shape index (κ1) is 20.5. The van der Waals surface area contributed by atoms with Gasteiger partial charge in [0.25, 0.3) is 0 Å². The van der Waals surface area contributed by atoms with Crippen molar-refractivity contribution < 1.29 is 10.2 Å². The first-order valence-corrected chi connectivity index (χ1v) is 9.41. The molecule has 2 rings (SSSR count). The third-order valence-electron chi connectivity index (χ3n) is 4.79. The number of hydrogen-bond acceptors (Lipinski definition) is 2. The lowest BCUT2D eigenvalue weighted by atomic mass is 9.85. The Balaban J connectivity index is 2.90. The highest BCUT2D eigenvalue weighted by atomic mass is 35.5. The molecular formula is C19H20Cl4O2. The molecule has 0 bridgehead atoms. The molecule has 0 radical (unpaired) electrons. The molecule has 136 valence electrons. The van der Waals surface area contributed by atoms with Crippen molar-refractivity contribution in [3.05, 3.63) is 53.5 Å². The Kier molecular flexibility index (Phi) is 6.10. The van der Waals surface area contributed by atoms with E-state index < -0.39 is 0 Å². The van der Waals surface area contributed by atoms with Crippen LogP contribution < -0.4 is 0 Å². The van der Waals surface area contributed by atoms with Crippen LogP contribution in [0.5, 0.6) is 11.5 Å². The summed E-state index contributed by atoms with van der Waals surface area (Å²) >= 11 is 26.1. The van der Waals surface area contributed by atoms with Crippen LogP contribution in [0.3, 0.4) is 0 Å². The molecule has 6 heteroatoms. The first-order valence-electron chi connectivity index (χ1n) is 7.90. The molecule has 0 heterocycles. The molecule has 2 aromatic rings. The van der Waals surface area contributed by atoms with Crippen molar-refractivity contribution in [1.29, 1.82) is 0 Å². The van der Waals surface area contributed by atoms with E-state index in [0.29, 0.717) is 59.9 Å². The fourth-order valence-corrected chi connectivity index (χ4v) is 4.50. The molecule has 0 unspecified atom stereocenters. The molecule has 2 nitrogen and oxygen atoms in total. The van der Waals surface area contributed by atoms with Crippen molar-refractivity contribution in [2.24, 2.45) is 0 Å². The second-order valence-electron chi connectivity index (χ2n) is 6.24. The third-order valence-corrected chi connectivity index (χ3v) is 6.74. The maximum absolute atomic E-state index is 10.2. The SMILES string of the molecule is CCC(c1c(Cl)c(C)c(O)c(C)c1Cl)c1c(Cl)c(C)c(O)c(C)c1Cl. The van der Waals surface area contributed by atoms with E-state index in [1.807, 2.05) is 6.92 Å². The van der Waals surface area contributed by atoms with Gasteiger partial charge in [0.1, 0.15) is 11.5 Å². The minimum Gasteiger partial charge on any atom is -0.507 e. The normalized spacial score (nSPS) is 11.4. The molecule has 0 fully saturated rings. The standard InChI is InChI=1S/C19H20Cl4O2/c1-6-11(12-14(20)7(2)18(24)8(3)15(12)21)13-16(22)9(4)19(25)10(5)17(13)23/h11,24-25H,6H2,1-5H3. The Bertz CT molecular complexity index is 732. The molecule has 0 amide bonds. The zero-order valence-corrected chi connectivity index (χ0v) is 17.7. The van der Waals surface area contributed by atoms with E-state index in [9.17, 15) is 10.2 Å². The molecule has 0 saturated heterocycles. The van der Waals surface area contributed by atoms with E-state index in [1.165, 1.54) is 0 Å². The summed E-state index contributed by atoms with van der Waals surface area (Å²) in [6.45, 7) is 8.96. The largest absolute Gasteiger partial charge is 0.507 e. The van der Waals surface area contributed by atoms with Crippen LogP contribution in [0, 0.1) is 27.7 Å². The van der Waals surface area contributed by atoms with E-state index in [1.54, 1.807) is 27.7 Å². The lowest BCUT2D eigenvalue weighted by Crippen LogP contribution is -2.07. The molecule has 0 aliphatic heterocycles. The van der Waals surface area contributed by atoms with Crippen molar-refractivity contribution >= 4 is 46.4 Å². The van der Waals surface area contributed by atoms with Crippen LogP contribution in [-0.2, 0) is 0 Å². The van der Waals surface area contributed by atoms with Gasteiger partial charge in [0.05, 0.1) is 20.1 Å². The molecule has 2 N–H and O–H groups in total. The lowest BCUT2D eigenvalue weighted by molar-refractivity contribution is 0.466. The molecule has 0 aromatic heterocycles. The van der Waals surface area contributed by atoms with Crippen LogP contribution in [0.15, 0.2) is 0 Å². The topological polar surface area (TPSA) is 40.5 Å².